The minimum Gasteiger partial charge on any atom is -0.399 e. The topological polar surface area (TPSA) is 78.5 Å². The van der Waals surface area contributed by atoms with Gasteiger partial charge in [-0.1, -0.05) is 16.8 Å². The Hall–Kier alpha value is -1.31. The summed E-state index contributed by atoms with van der Waals surface area (Å²) >= 11 is 6.12. The summed E-state index contributed by atoms with van der Waals surface area (Å²) in [4.78, 5) is 19.8. The van der Waals surface area contributed by atoms with Gasteiger partial charge in [0.1, 0.15) is 19.0 Å². The van der Waals surface area contributed by atoms with Crippen molar-refractivity contribution in [2.24, 2.45) is 5.16 Å². The van der Waals surface area contributed by atoms with E-state index in [4.69, 9.17) is 11.6 Å². The maximum atomic E-state index is 13.8. The Labute approximate surface area is 139 Å². The quantitative estimate of drug-likeness (QED) is 0.571. The van der Waals surface area contributed by atoms with Crippen molar-refractivity contribution in [1.82, 2.24) is 15.6 Å². The van der Waals surface area contributed by atoms with Gasteiger partial charge in [0.2, 0.25) is 0 Å². The van der Waals surface area contributed by atoms with Crippen LogP contribution in [0.2, 0.25) is 5.02 Å². The fourth-order valence-corrected chi connectivity index (χ4v) is 2.44. The molecule has 0 aliphatic carbocycles. The number of amides is 1. The third-order valence-corrected chi connectivity index (χ3v) is 3.87. The highest BCUT2D eigenvalue weighted by molar-refractivity contribution is 6.34. The summed E-state index contributed by atoms with van der Waals surface area (Å²) in [5, 5.41) is 9.65. The number of oxime groups is 1. The van der Waals surface area contributed by atoms with Crippen molar-refractivity contribution in [2.45, 2.75) is 25.6 Å². The number of aromatic amines is 1. The summed E-state index contributed by atoms with van der Waals surface area (Å²) in [5.41, 5.74) is 1.32. The lowest BCUT2D eigenvalue weighted by Crippen LogP contribution is -2.51. The summed E-state index contributed by atoms with van der Waals surface area (Å²) in [7, 11) is 1.40. The van der Waals surface area contributed by atoms with E-state index in [1.807, 2.05) is 0 Å². The third-order valence-electron chi connectivity index (χ3n) is 3.39. The molecule has 0 spiro atoms. The van der Waals surface area contributed by atoms with Crippen molar-refractivity contribution in [3.05, 3.63) is 22.0 Å². The number of aromatic nitrogens is 1. The number of rotatable bonds is 4. The number of alkyl halides is 1. The molecule has 0 bridgehead atoms. The molecule has 1 aliphatic heterocycles. The number of aryl methyl sites for hydroxylation is 1. The monoisotopic (exact) mass is 352 g/mol. The first kappa shape index (κ1) is 18.7. The second kappa shape index (κ2) is 8.36. The third kappa shape index (κ3) is 4.12. The van der Waals surface area contributed by atoms with Gasteiger partial charge >= 0.3 is 0 Å². The van der Waals surface area contributed by atoms with Gasteiger partial charge in [-0.25, -0.2) is 4.39 Å². The van der Waals surface area contributed by atoms with Gasteiger partial charge in [-0.3, -0.25) is 4.79 Å². The number of halogens is 3. The molecule has 1 aromatic rings. The largest absolute Gasteiger partial charge is 0.399 e. The lowest BCUT2D eigenvalue weighted by molar-refractivity contribution is 0.0887. The molecular formula is C13H19Cl2FN4O2. The fraction of sp³-hybridized carbons (Fsp3) is 0.538. The van der Waals surface area contributed by atoms with Crippen LogP contribution in [0.3, 0.4) is 0 Å². The molecule has 0 unspecified atom stereocenters. The number of nitrogens with one attached hydrogen (secondary N) is 3. The smallest absolute Gasteiger partial charge is 0.268 e. The number of H-pyrrole nitrogens is 1. The number of piperidine rings is 1. The standard InChI is InChI=1S/C13H18ClFN4O2.ClH/c1-7-11(14)8(5-17-21-2)12(18-7)13(20)19-10-3-4-16-6-9(10)15;/h5,9-10,16,18H,3-4,6H2,1-2H3,(H,19,20);1H/t9-,10+;/m0./s1. The van der Waals surface area contributed by atoms with Crippen molar-refractivity contribution >= 4 is 36.1 Å². The molecule has 124 valence electrons. The highest BCUT2D eigenvalue weighted by Crippen LogP contribution is 2.23. The van der Waals surface area contributed by atoms with Crippen molar-refractivity contribution in [2.75, 3.05) is 20.2 Å². The number of hydrogen-bond donors (Lipinski definition) is 3. The first-order valence-electron chi connectivity index (χ1n) is 6.64. The summed E-state index contributed by atoms with van der Waals surface area (Å²) in [6, 6.07) is -0.506. The van der Waals surface area contributed by atoms with E-state index in [1.54, 1.807) is 6.92 Å². The van der Waals surface area contributed by atoms with Crippen LogP contribution < -0.4 is 10.6 Å². The van der Waals surface area contributed by atoms with Gasteiger partial charge in [-0.2, -0.15) is 0 Å². The average molecular weight is 353 g/mol. The summed E-state index contributed by atoms with van der Waals surface area (Å²) < 4.78 is 13.8. The van der Waals surface area contributed by atoms with E-state index >= 15 is 0 Å². The molecule has 1 amide bonds. The Morgan fingerprint density at radius 3 is 2.95 bits per heavy atom. The van der Waals surface area contributed by atoms with E-state index in [0.29, 0.717) is 29.2 Å². The van der Waals surface area contributed by atoms with Crippen LogP contribution in [0.5, 0.6) is 0 Å². The molecule has 1 aliphatic rings. The van der Waals surface area contributed by atoms with Crippen LogP contribution in [0.1, 0.15) is 28.2 Å². The normalized spacial score (nSPS) is 21.5. The lowest BCUT2D eigenvalue weighted by Gasteiger charge is -2.27. The molecule has 2 heterocycles. The van der Waals surface area contributed by atoms with Gasteiger partial charge in [-0.05, 0) is 19.9 Å². The molecule has 22 heavy (non-hydrogen) atoms. The molecule has 1 saturated heterocycles. The van der Waals surface area contributed by atoms with Crippen molar-refractivity contribution < 1.29 is 14.0 Å². The zero-order valence-corrected chi connectivity index (χ0v) is 13.9. The SMILES string of the molecule is CON=Cc1c(C(=O)N[C@@H]2CCNC[C@@H]2F)[nH]c(C)c1Cl.Cl. The average Bonchev–Trinajstić information content (AvgIpc) is 2.75. The molecule has 6 nitrogen and oxygen atoms in total. The summed E-state index contributed by atoms with van der Waals surface area (Å²) in [6.07, 6.45) is 0.795. The van der Waals surface area contributed by atoms with Crippen LogP contribution in [0, 0.1) is 6.92 Å². The van der Waals surface area contributed by atoms with Crippen LogP contribution in [0.4, 0.5) is 4.39 Å². The number of carbonyl (C=O) groups is 1. The predicted octanol–water partition coefficient (Wildman–Crippen LogP) is 1.81. The van der Waals surface area contributed by atoms with E-state index < -0.39 is 18.1 Å². The van der Waals surface area contributed by atoms with Gasteiger partial charge in [0, 0.05) is 17.8 Å². The van der Waals surface area contributed by atoms with Crippen LogP contribution in [-0.4, -0.2) is 49.5 Å². The molecule has 3 N–H and O–H groups in total. The molecule has 2 rings (SSSR count). The Balaban J connectivity index is 0.00000242. The minimum atomic E-state index is -1.11. The minimum absolute atomic E-state index is 0. The second-order valence-corrected chi connectivity index (χ2v) is 5.24. The fourth-order valence-electron chi connectivity index (χ4n) is 2.25. The van der Waals surface area contributed by atoms with E-state index in [2.05, 4.69) is 25.6 Å². The molecule has 0 saturated carbocycles. The molecule has 2 atom stereocenters. The van der Waals surface area contributed by atoms with Crippen molar-refractivity contribution in [3.63, 3.8) is 0 Å². The highest BCUT2D eigenvalue weighted by atomic mass is 35.5. The van der Waals surface area contributed by atoms with E-state index in [1.165, 1.54) is 13.3 Å². The predicted molar refractivity (Wildman–Crippen MR) is 86.0 cm³/mol. The van der Waals surface area contributed by atoms with Crippen molar-refractivity contribution in [3.8, 4) is 0 Å². The van der Waals surface area contributed by atoms with Gasteiger partial charge < -0.3 is 20.5 Å². The van der Waals surface area contributed by atoms with E-state index in [-0.39, 0.29) is 24.6 Å². The lowest BCUT2D eigenvalue weighted by atomic mass is 10.0. The molecule has 0 radical (unpaired) electrons. The maximum absolute atomic E-state index is 13.8. The zero-order chi connectivity index (χ0) is 15.4. The molecule has 9 heteroatoms. The highest BCUT2D eigenvalue weighted by Gasteiger charge is 2.28. The Bertz CT molecular complexity index is 550. The number of nitrogens with zero attached hydrogens (tertiary/aromatic N) is 1. The Kier molecular flexibility index (Phi) is 7.12. The first-order valence-corrected chi connectivity index (χ1v) is 7.02. The van der Waals surface area contributed by atoms with Crippen LogP contribution in [0.25, 0.3) is 0 Å². The van der Waals surface area contributed by atoms with Crippen molar-refractivity contribution in [1.29, 1.82) is 0 Å². The molecular weight excluding hydrogens is 334 g/mol. The maximum Gasteiger partial charge on any atom is 0.268 e. The van der Waals surface area contributed by atoms with Gasteiger partial charge in [0.05, 0.1) is 17.3 Å². The number of hydrogen-bond acceptors (Lipinski definition) is 4. The van der Waals surface area contributed by atoms with Crippen LogP contribution >= 0.6 is 24.0 Å². The second-order valence-electron chi connectivity index (χ2n) is 4.86. The van der Waals surface area contributed by atoms with Crippen LogP contribution in [-0.2, 0) is 4.84 Å². The van der Waals surface area contributed by atoms with Gasteiger partial charge in [-0.15, -0.1) is 12.4 Å². The molecule has 0 aromatic carbocycles. The van der Waals surface area contributed by atoms with Gasteiger partial charge in [0.25, 0.3) is 5.91 Å². The zero-order valence-electron chi connectivity index (χ0n) is 12.3. The van der Waals surface area contributed by atoms with Crippen LogP contribution in [0.15, 0.2) is 5.16 Å². The Morgan fingerprint density at radius 2 is 2.32 bits per heavy atom. The summed E-state index contributed by atoms with van der Waals surface area (Å²) in [5.74, 6) is -0.405. The Morgan fingerprint density at radius 1 is 1.59 bits per heavy atom. The first-order chi connectivity index (χ1) is 10.0. The van der Waals surface area contributed by atoms with E-state index in [0.717, 1.165) is 0 Å². The number of carbonyl (C=O) groups excluding carboxylic acids is 1. The van der Waals surface area contributed by atoms with Gasteiger partial charge in [0.15, 0.2) is 0 Å². The van der Waals surface area contributed by atoms with E-state index in [9.17, 15) is 9.18 Å². The molecule has 1 aromatic heterocycles. The molecule has 1 fully saturated rings. The summed E-state index contributed by atoms with van der Waals surface area (Å²) in [6.45, 7) is 2.66.